The van der Waals surface area contributed by atoms with Crippen LogP contribution in [0.15, 0.2) is 12.1 Å². The van der Waals surface area contributed by atoms with Gasteiger partial charge in [0.25, 0.3) is 0 Å². The van der Waals surface area contributed by atoms with E-state index < -0.39 is 11.6 Å². The Balaban J connectivity index is 2.41. The van der Waals surface area contributed by atoms with Crippen LogP contribution in [0.4, 0.5) is 8.78 Å². The van der Waals surface area contributed by atoms with Gasteiger partial charge in [0, 0.05) is 18.2 Å². The Kier molecular flexibility index (Phi) is 5.30. The van der Waals surface area contributed by atoms with E-state index in [0.717, 1.165) is 26.1 Å². The van der Waals surface area contributed by atoms with E-state index in [2.05, 4.69) is 22.2 Å². The number of halogens is 2. The summed E-state index contributed by atoms with van der Waals surface area (Å²) in [5, 5.41) is 3.13. The number of likely N-dealkylation sites (N-methyl/N-ethyl adjacent to an activating group) is 3. The predicted octanol–water partition coefficient (Wildman–Crippen LogP) is 2.17. The fourth-order valence-electron chi connectivity index (χ4n) is 3.16. The highest BCUT2D eigenvalue weighted by molar-refractivity contribution is 5.30. The van der Waals surface area contributed by atoms with E-state index in [9.17, 15) is 8.78 Å². The van der Waals surface area contributed by atoms with Crippen LogP contribution in [0.5, 0.6) is 0 Å². The summed E-state index contributed by atoms with van der Waals surface area (Å²) in [6, 6.07) is 2.52. The molecule has 5 heteroatoms. The number of hydrogen-bond donors (Lipinski definition) is 1. The Morgan fingerprint density at radius 1 is 1.24 bits per heavy atom. The fourth-order valence-corrected chi connectivity index (χ4v) is 3.16. The maximum absolute atomic E-state index is 14.5. The van der Waals surface area contributed by atoms with Crippen molar-refractivity contribution in [3.63, 3.8) is 0 Å². The van der Waals surface area contributed by atoms with Crippen molar-refractivity contribution in [1.82, 2.24) is 15.1 Å². The molecule has 1 heterocycles. The lowest BCUT2D eigenvalue weighted by atomic mass is 9.95. The maximum Gasteiger partial charge on any atom is 0.133 e. The third kappa shape index (κ3) is 3.42. The average molecular weight is 297 g/mol. The second-order valence-electron chi connectivity index (χ2n) is 6.02. The second-order valence-corrected chi connectivity index (χ2v) is 6.02. The quantitative estimate of drug-likeness (QED) is 0.922. The predicted molar refractivity (Wildman–Crippen MR) is 81.4 cm³/mol. The van der Waals surface area contributed by atoms with Gasteiger partial charge in [-0.1, -0.05) is 6.07 Å². The normalized spacial score (nSPS) is 23.0. The summed E-state index contributed by atoms with van der Waals surface area (Å²) in [7, 11) is 5.85. The summed E-state index contributed by atoms with van der Waals surface area (Å²) < 4.78 is 28.7. The monoisotopic (exact) mass is 297 g/mol. The smallest absolute Gasteiger partial charge is 0.133 e. The van der Waals surface area contributed by atoms with Gasteiger partial charge >= 0.3 is 0 Å². The summed E-state index contributed by atoms with van der Waals surface area (Å²) in [6.45, 7) is 4.40. The van der Waals surface area contributed by atoms with Gasteiger partial charge in [0.2, 0.25) is 0 Å². The van der Waals surface area contributed by atoms with Crippen LogP contribution < -0.4 is 5.32 Å². The summed E-state index contributed by atoms with van der Waals surface area (Å²) in [6.07, 6.45) is 1.07. The molecule has 1 aliphatic heterocycles. The molecule has 21 heavy (non-hydrogen) atoms. The minimum absolute atomic E-state index is 0.0355. The number of rotatable bonds is 3. The number of nitrogens with zero attached hydrogens (tertiary/aromatic N) is 2. The van der Waals surface area contributed by atoms with Crippen molar-refractivity contribution >= 4 is 0 Å². The SMILES string of the molecule is CNC(c1c(F)ccc(C)c1F)C1CN(C)CCCN1C. The first-order valence-electron chi connectivity index (χ1n) is 7.46. The van der Waals surface area contributed by atoms with Gasteiger partial charge in [-0.05, 0) is 59.2 Å². The van der Waals surface area contributed by atoms with E-state index in [0.29, 0.717) is 5.56 Å². The van der Waals surface area contributed by atoms with E-state index in [-0.39, 0.29) is 17.6 Å². The van der Waals surface area contributed by atoms with Crippen LogP contribution in [0.3, 0.4) is 0 Å². The first-order valence-corrected chi connectivity index (χ1v) is 7.46. The molecule has 1 aliphatic rings. The van der Waals surface area contributed by atoms with Crippen LogP contribution in [0, 0.1) is 18.6 Å². The molecule has 2 atom stereocenters. The van der Waals surface area contributed by atoms with Gasteiger partial charge in [-0.2, -0.15) is 0 Å². The standard InChI is InChI=1S/C16H25F2N3/c1-11-6-7-12(17)14(15(11)18)16(19-2)13-10-20(3)8-5-9-21(13)4/h6-7,13,16,19H,5,8-10H2,1-4H3. The van der Waals surface area contributed by atoms with E-state index in [1.807, 2.05) is 7.05 Å². The first-order chi connectivity index (χ1) is 9.95. The van der Waals surface area contributed by atoms with Gasteiger partial charge in [-0.15, -0.1) is 0 Å². The average Bonchev–Trinajstić information content (AvgIpc) is 2.61. The second kappa shape index (κ2) is 6.81. The minimum Gasteiger partial charge on any atom is -0.311 e. The van der Waals surface area contributed by atoms with Gasteiger partial charge < -0.3 is 15.1 Å². The van der Waals surface area contributed by atoms with Gasteiger partial charge in [0.1, 0.15) is 11.6 Å². The van der Waals surface area contributed by atoms with Crippen molar-refractivity contribution in [3.8, 4) is 0 Å². The molecule has 118 valence electrons. The Hall–Kier alpha value is -1.04. The topological polar surface area (TPSA) is 18.5 Å². The summed E-state index contributed by atoms with van der Waals surface area (Å²) in [5.74, 6) is -0.910. The summed E-state index contributed by atoms with van der Waals surface area (Å²) in [5.41, 5.74) is 0.640. The highest BCUT2D eigenvalue weighted by Crippen LogP contribution is 2.28. The van der Waals surface area contributed by atoms with E-state index >= 15 is 0 Å². The zero-order valence-electron chi connectivity index (χ0n) is 13.3. The van der Waals surface area contributed by atoms with E-state index in [1.54, 1.807) is 14.0 Å². The molecule has 0 amide bonds. The molecular weight excluding hydrogens is 272 g/mol. The van der Waals surface area contributed by atoms with Crippen molar-refractivity contribution in [2.24, 2.45) is 0 Å². The van der Waals surface area contributed by atoms with Gasteiger partial charge in [-0.3, -0.25) is 0 Å². The largest absolute Gasteiger partial charge is 0.311 e. The molecule has 0 aliphatic carbocycles. The molecule has 0 aromatic heterocycles. The van der Waals surface area contributed by atoms with Crippen LogP contribution in [-0.2, 0) is 0 Å². The van der Waals surface area contributed by atoms with Crippen LogP contribution in [-0.4, -0.2) is 56.6 Å². The molecule has 0 radical (unpaired) electrons. The molecule has 0 saturated carbocycles. The number of nitrogens with one attached hydrogen (secondary N) is 1. The lowest BCUT2D eigenvalue weighted by Gasteiger charge is -2.35. The zero-order valence-corrected chi connectivity index (χ0v) is 13.3. The molecule has 1 saturated heterocycles. The Labute approximate surface area is 125 Å². The van der Waals surface area contributed by atoms with Crippen molar-refractivity contribution in [1.29, 1.82) is 0 Å². The van der Waals surface area contributed by atoms with Gasteiger partial charge in [0.05, 0.1) is 6.04 Å². The van der Waals surface area contributed by atoms with Crippen LogP contribution in [0.1, 0.15) is 23.6 Å². The molecule has 2 rings (SSSR count). The molecular formula is C16H25F2N3. The van der Waals surface area contributed by atoms with Crippen molar-refractivity contribution < 1.29 is 8.78 Å². The molecule has 1 aromatic rings. The highest BCUT2D eigenvalue weighted by atomic mass is 19.1. The molecule has 0 spiro atoms. The number of hydrogen-bond acceptors (Lipinski definition) is 3. The van der Waals surface area contributed by atoms with Crippen molar-refractivity contribution in [2.45, 2.75) is 25.4 Å². The minimum atomic E-state index is -0.474. The fraction of sp³-hybridized carbons (Fsp3) is 0.625. The third-order valence-electron chi connectivity index (χ3n) is 4.44. The number of benzene rings is 1. The lowest BCUT2D eigenvalue weighted by molar-refractivity contribution is 0.178. The first kappa shape index (κ1) is 16.3. The van der Waals surface area contributed by atoms with Crippen molar-refractivity contribution in [3.05, 3.63) is 34.9 Å². The lowest BCUT2D eigenvalue weighted by Crippen LogP contribution is -2.46. The van der Waals surface area contributed by atoms with E-state index in [4.69, 9.17) is 0 Å². The Morgan fingerprint density at radius 3 is 2.62 bits per heavy atom. The number of aryl methyl sites for hydroxylation is 1. The van der Waals surface area contributed by atoms with Crippen LogP contribution in [0.2, 0.25) is 0 Å². The van der Waals surface area contributed by atoms with Crippen molar-refractivity contribution in [2.75, 3.05) is 40.8 Å². The summed E-state index contributed by atoms with van der Waals surface area (Å²) in [4.78, 5) is 4.43. The molecule has 1 aromatic carbocycles. The van der Waals surface area contributed by atoms with E-state index in [1.165, 1.54) is 12.1 Å². The van der Waals surface area contributed by atoms with Gasteiger partial charge in [-0.25, -0.2) is 8.78 Å². The van der Waals surface area contributed by atoms with Gasteiger partial charge in [0.15, 0.2) is 0 Å². The van der Waals surface area contributed by atoms with Crippen LogP contribution >= 0.6 is 0 Å². The molecule has 3 nitrogen and oxygen atoms in total. The Morgan fingerprint density at radius 2 is 1.95 bits per heavy atom. The summed E-state index contributed by atoms with van der Waals surface area (Å²) >= 11 is 0. The Bertz CT molecular complexity index is 493. The zero-order chi connectivity index (χ0) is 15.6. The maximum atomic E-state index is 14.5. The molecule has 0 bridgehead atoms. The highest BCUT2D eigenvalue weighted by Gasteiger charge is 2.32. The molecule has 1 N–H and O–H groups in total. The third-order valence-corrected chi connectivity index (χ3v) is 4.44. The van der Waals surface area contributed by atoms with Crippen LogP contribution in [0.25, 0.3) is 0 Å². The molecule has 1 fully saturated rings. The molecule has 2 unspecified atom stereocenters.